The largest absolute Gasteiger partial charge is 0.466 e. The standard InChI is InChI=1S/C31H44N4O13S/c1-5-45-26(37)14-13-23(29(40)32-19-25(36)33-22(15-16-49(4,43)44)17-27(38)46-6-2)34-30(41)24(18-28(39)47-7-3)35-31(42)48-20-21-11-9-8-10-12-21/h8-12,15-16,22-24H,5-7,13-14,17-20H2,1-4H3,(H,32,40)(H,33,36)(H,34,41)(H,35,42)/b16-15+/t22-,23+,24+/m1/s1. The van der Waals surface area contributed by atoms with Crippen LogP contribution >= 0.6 is 0 Å². The molecule has 0 aliphatic carbocycles. The normalized spacial score (nSPS) is 12.8. The summed E-state index contributed by atoms with van der Waals surface area (Å²) < 4.78 is 42.9. The highest BCUT2D eigenvalue weighted by molar-refractivity contribution is 7.93. The molecule has 0 saturated heterocycles. The van der Waals surface area contributed by atoms with Crippen LogP contribution in [0.15, 0.2) is 41.8 Å². The summed E-state index contributed by atoms with van der Waals surface area (Å²) in [7, 11) is -3.61. The Morgan fingerprint density at radius 1 is 0.735 bits per heavy atom. The fourth-order valence-corrected chi connectivity index (χ4v) is 4.37. The number of carbonyl (C=O) groups is 7. The van der Waals surface area contributed by atoms with E-state index in [1.54, 1.807) is 51.1 Å². The van der Waals surface area contributed by atoms with E-state index in [1.807, 2.05) is 0 Å². The molecule has 49 heavy (non-hydrogen) atoms. The highest BCUT2D eigenvalue weighted by Crippen LogP contribution is 2.06. The summed E-state index contributed by atoms with van der Waals surface area (Å²) in [5, 5.41) is 10.1. The van der Waals surface area contributed by atoms with E-state index in [9.17, 15) is 42.0 Å². The summed E-state index contributed by atoms with van der Waals surface area (Å²) in [5.74, 6) is -5.00. The smallest absolute Gasteiger partial charge is 0.408 e. The molecule has 272 valence electrons. The van der Waals surface area contributed by atoms with Crippen molar-refractivity contribution in [1.29, 1.82) is 0 Å². The van der Waals surface area contributed by atoms with Crippen LogP contribution in [0.5, 0.6) is 0 Å². The van der Waals surface area contributed by atoms with Crippen molar-refractivity contribution in [3.63, 3.8) is 0 Å². The average molecular weight is 713 g/mol. The number of sulfone groups is 1. The second-order valence-electron chi connectivity index (χ2n) is 10.2. The average Bonchev–Trinajstić information content (AvgIpc) is 3.03. The van der Waals surface area contributed by atoms with Crippen molar-refractivity contribution in [2.75, 3.05) is 32.6 Å². The first-order valence-electron chi connectivity index (χ1n) is 15.4. The topological polar surface area (TPSA) is 239 Å². The van der Waals surface area contributed by atoms with Crippen LogP contribution in [0.2, 0.25) is 0 Å². The molecule has 0 aromatic heterocycles. The molecule has 0 aliphatic rings. The molecule has 0 bridgehead atoms. The molecule has 0 spiro atoms. The second kappa shape index (κ2) is 22.5. The van der Waals surface area contributed by atoms with Gasteiger partial charge in [-0.25, -0.2) is 13.2 Å². The molecule has 18 heteroatoms. The number of carbonyl (C=O) groups excluding carboxylic acids is 7. The molecule has 1 aromatic rings. The number of benzene rings is 1. The number of hydrogen-bond acceptors (Lipinski definition) is 13. The van der Waals surface area contributed by atoms with Crippen LogP contribution < -0.4 is 21.3 Å². The second-order valence-corrected chi connectivity index (χ2v) is 12.2. The van der Waals surface area contributed by atoms with E-state index < -0.39 is 89.1 Å². The van der Waals surface area contributed by atoms with Gasteiger partial charge in [0, 0.05) is 18.1 Å². The van der Waals surface area contributed by atoms with Crippen LogP contribution in [-0.4, -0.2) is 101 Å². The Morgan fingerprint density at radius 3 is 1.92 bits per heavy atom. The van der Waals surface area contributed by atoms with Crippen LogP contribution in [0, 0.1) is 0 Å². The highest BCUT2D eigenvalue weighted by Gasteiger charge is 2.30. The quantitative estimate of drug-likeness (QED) is 0.0984. The molecule has 0 saturated carbocycles. The van der Waals surface area contributed by atoms with E-state index >= 15 is 0 Å². The number of rotatable bonds is 21. The van der Waals surface area contributed by atoms with E-state index in [0.29, 0.717) is 5.56 Å². The van der Waals surface area contributed by atoms with Gasteiger partial charge in [0.1, 0.15) is 18.7 Å². The Labute approximate surface area is 284 Å². The Kier molecular flexibility index (Phi) is 19.3. The zero-order chi connectivity index (χ0) is 36.8. The maximum absolute atomic E-state index is 13.3. The Balaban J connectivity index is 3.06. The van der Waals surface area contributed by atoms with Crippen molar-refractivity contribution in [1.82, 2.24) is 21.3 Å². The first-order valence-corrected chi connectivity index (χ1v) is 17.3. The van der Waals surface area contributed by atoms with E-state index in [0.717, 1.165) is 17.7 Å². The van der Waals surface area contributed by atoms with E-state index in [1.165, 1.54) is 0 Å². The molecule has 4 amide bonds. The van der Waals surface area contributed by atoms with Crippen LogP contribution in [0.25, 0.3) is 0 Å². The predicted molar refractivity (Wildman–Crippen MR) is 173 cm³/mol. The maximum Gasteiger partial charge on any atom is 0.408 e. The summed E-state index contributed by atoms with van der Waals surface area (Å²) in [6.07, 6.45) is -0.706. The summed E-state index contributed by atoms with van der Waals surface area (Å²) in [4.78, 5) is 87.9. The molecule has 0 aliphatic heterocycles. The lowest BCUT2D eigenvalue weighted by Crippen LogP contribution is -2.55. The van der Waals surface area contributed by atoms with Crippen LogP contribution in [-0.2, 0) is 64.2 Å². The number of ether oxygens (including phenoxy) is 4. The number of hydrogen-bond donors (Lipinski definition) is 4. The van der Waals surface area contributed by atoms with Gasteiger partial charge in [0.05, 0.1) is 45.2 Å². The lowest BCUT2D eigenvalue weighted by molar-refractivity contribution is -0.145. The van der Waals surface area contributed by atoms with Gasteiger partial charge >= 0.3 is 24.0 Å². The van der Waals surface area contributed by atoms with Crippen LogP contribution in [0.1, 0.15) is 52.0 Å². The number of amides is 4. The van der Waals surface area contributed by atoms with Gasteiger partial charge in [-0.1, -0.05) is 36.4 Å². The zero-order valence-corrected chi connectivity index (χ0v) is 28.7. The summed E-state index contributed by atoms with van der Waals surface area (Å²) in [5.41, 5.74) is 0.655. The zero-order valence-electron chi connectivity index (χ0n) is 27.9. The molecule has 0 fully saturated rings. The van der Waals surface area contributed by atoms with Crippen LogP contribution in [0.3, 0.4) is 0 Å². The third-order valence-corrected chi connectivity index (χ3v) is 6.74. The van der Waals surface area contributed by atoms with Gasteiger partial charge in [0.25, 0.3) is 0 Å². The van der Waals surface area contributed by atoms with Crippen molar-refractivity contribution in [2.24, 2.45) is 0 Å². The Morgan fingerprint density at radius 2 is 1.33 bits per heavy atom. The number of nitrogens with one attached hydrogen (secondary N) is 4. The third-order valence-electron chi connectivity index (χ3n) is 6.09. The first kappa shape index (κ1) is 42.0. The molecule has 0 unspecified atom stereocenters. The number of alkyl carbamates (subject to hydrolysis) is 1. The van der Waals surface area contributed by atoms with Gasteiger partial charge < -0.3 is 40.2 Å². The van der Waals surface area contributed by atoms with Crippen molar-refractivity contribution in [2.45, 2.75) is 71.2 Å². The summed E-state index contributed by atoms with van der Waals surface area (Å²) in [6, 6.07) is 4.52. The summed E-state index contributed by atoms with van der Waals surface area (Å²) in [6.45, 7) is 3.95. The van der Waals surface area contributed by atoms with Gasteiger partial charge in [0.15, 0.2) is 9.84 Å². The van der Waals surface area contributed by atoms with Crippen LogP contribution in [0.4, 0.5) is 4.79 Å². The van der Waals surface area contributed by atoms with Gasteiger partial charge in [-0.05, 0) is 32.8 Å². The fraction of sp³-hybridized carbons (Fsp3) is 0.516. The minimum absolute atomic E-state index is 0.0110. The molecule has 0 radical (unpaired) electrons. The lowest BCUT2D eigenvalue weighted by Gasteiger charge is -2.23. The molecule has 1 rings (SSSR count). The van der Waals surface area contributed by atoms with Gasteiger partial charge in [-0.2, -0.15) is 0 Å². The van der Waals surface area contributed by atoms with E-state index in [2.05, 4.69) is 21.3 Å². The minimum atomic E-state index is -3.61. The van der Waals surface area contributed by atoms with Crippen molar-refractivity contribution in [3.05, 3.63) is 47.4 Å². The van der Waals surface area contributed by atoms with Gasteiger partial charge in [0.2, 0.25) is 17.7 Å². The summed E-state index contributed by atoms with van der Waals surface area (Å²) >= 11 is 0. The highest BCUT2D eigenvalue weighted by atomic mass is 32.2. The molecule has 4 N–H and O–H groups in total. The van der Waals surface area contributed by atoms with Crippen molar-refractivity contribution < 1.29 is 60.9 Å². The Hall–Kier alpha value is -5.00. The molecular formula is C31H44N4O13S. The van der Waals surface area contributed by atoms with E-state index in [4.69, 9.17) is 18.9 Å². The fourth-order valence-electron chi connectivity index (χ4n) is 3.89. The predicted octanol–water partition coefficient (Wildman–Crippen LogP) is 0.175. The van der Waals surface area contributed by atoms with Crippen molar-refractivity contribution in [3.8, 4) is 0 Å². The van der Waals surface area contributed by atoms with Gasteiger partial charge in [-0.15, -0.1) is 0 Å². The molecule has 0 heterocycles. The lowest BCUT2D eigenvalue weighted by atomic mass is 10.1. The SMILES string of the molecule is CCOC(=O)CC[C@H](NC(=O)[C@H](CC(=O)OCC)NC(=O)OCc1ccccc1)C(=O)NCC(=O)N[C@H](/C=C/S(C)(=O)=O)CC(=O)OCC. The Bertz CT molecular complexity index is 1420. The minimum Gasteiger partial charge on any atom is -0.466 e. The monoisotopic (exact) mass is 712 g/mol. The van der Waals surface area contributed by atoms with E-state index in [-0.39, 0.29) is 39.3 Å². The van der Waals surface area contributed by atoms with Gasteiger partial charge in [-0.3, -0.25) is 28.8 Å². The first-order chi connectivity index (χ1) is 23.2. The third kappa shape index (κ3) is 19.4. The molecule has 1 aromatic carbocycles. The van der Waals surface area contributed by atoms with Crippen molar-refractivity contribution >= 4 is 51.6 Å². The molecule has 17 nitrogen and oxygen atoms in total. The molecular weight excluding hydrogens is 668 g/mol. The maximum atomic E-state index is 13.3. The number of esters is 3. The molecule has 3 atom stereocenters.